The maximum atomic E-state index is 9.93. The van der Waals surface area contributed by atoms with Crippen molar-refractivity contribution >= 4 is 22.7 Å². The van der Waals surface area contributed by atoms with E-state index in [1.807, 2.05) is 26.0 Å². The van der Waals surface area contributed by atoms with Gasteiger partial charge in [0.1, 0.15) is 17.5 Å². The number of para-hydroxylation sites is 1. The summed E-state index contributed by atoms with van der Waals surface area (Å²) in [4.78, 5) is 8.74. The highest BCUT2D eigenvalue weighted by atomic mass is 16.3. The monoisotopic (exact) mass is 378 g/mol. The molecule has 1 aromatic carbocycles. The molecular weight excluding hydrogens is 352 g/mol. The lowest BCUT2D eigenvalue weighted by molar-refractivity contribution is -0.0511. The smallest absolute Gasteiger partial charge is 0.224 e. The summed E-state index contributed by atoms with van der Waals surface area (Å²) in [7, 11) is 0. The van der Waals surface area contributed by atoms with E-state index in [4.69, 9.17) is 0 Å². The van der Waals surface area contributed by atoms with Crippen LogP contribution in [0.3, 0.4) is 0 Å². The lowest BCUT2D eigenvalue weighted by atomic mass is 9.64. The van der Waals surface area contributed by atoms with Gasteiger partial charge in [-0.05, 0) is 23.9 Å². The molecule has 3 aromatic rings. The number of nitrogens with one attached hydrogen (secondary N) is 2. The van der Waals surface area contributed by atoms with Gasteiger partial charge in [0.2, 0.25) is 5.95 Å². The van der Waals surface area contributed by atoms with Crippen LogP contribution >= 0.6 is 0 Å². The highest BCUT2D eigenvalue weighted by Crippen LogP contribution is 2.42. The van der Waals surface area contributed by atoms with Crippen LogP contribution in [0.15, 0.2) is 42.7 Å². The predicted octanol–water partition coefficient (Wildman–Crippen LogP) is 3.23. The van der Waals surface area contributed by atoms with E-state index in [1.54, 1.807) is 0 Å². The number of anilines is 2. The van der Waals surface area contributed by atoms with Crippen molar-refractivity contribution in [2.24, 2.45) is 5.41 Å². The molecule has 2 atom stereocenters. The SMILES string of the molecule is CC1(C)[C@@H](O)C[C@H]1Nc1nc(NCCn2ccc3ccccc32)ncc1C#N.[HH]. The Bertz CT molecular complexity index is 1040. The Labute approximate surface area is 165 Å². The molecule has 2 aromatic heterocycles. The molecule has 0 radical (unpaired) electrons. The number of fused-ring (bicyclic) bond motifs is 1. The van der Waals surface area contributed by atoms with Crippen molar-refractivity contribution in [3.63, 3.8) is 0 Å². The van der Waals surface area contributed by atoms with Gasteiger partial charge in [-0.15, -0.1) is 0 Å². The number of nitriles is 1. The van der Waals surface area contributed by atoms with E-state index in [-0.39, 0.29) is 19.0 Å². The molecule has 0 amide bonds. The topological polar surface area (TPSA) is 98.8 Å². The van der Waals surface area contributed by atoms with Crippen LogP contribution in [-0.2, 0) is 6.54 Å². The lowest BCUT2D eigenvalue weighted by Crippen LogP contribution is -2.57. The van der Waals surface area contributed by atoms with Crippen LogP contribution in [0.25, 0.3) is 10.9 Å². The van der Waals surface area contributed by atoms with Crippen LogP contribution < -0.4 is 10.6 Å². The fourth-order valence-electron chi connectivity index (χ4n) is 3.60. The Morgan fingerprint density at radius 1 is 1.36 bits per heavy atom. The van der Waals surface area contributed by atoms with Crippen LogP contribution in [0.5, 0.6) is 0 Å². The van der Waals surface area contributed by atoms with Gasteiger partial charge in [0, 0.05) is 37.7 Å². The first kappa shape index (κ1) is 18.3. The molecule has 146 valence electrons. The molecule has 0 aliphatic heterocycles. The molecule has 2 heterocycles. The minimum absolute atomic E-state index is 0. The number of aromatic nitrogens is 3. The average molecular weight is 378 g/mol. The van der Waals surface area contributed by atoms with Gasteiger partial charge in [0.05, 0.1) is 12.3 Å². The van der Waals surface area contributed by atoms with Gasteiger partial charge in [-0.3, -0.25) is 0 Å². The van der Waals surface area contributed by atoms with E-state index >= 15 is 0 Å². The number of hydrogen-bond donors (Lipinski definition) is 3. The summed E-state index contributed by atoms with van der Waals surface area (Å²) in [5, 5.41) is 27.0. The van der Waals surface area contributed by atoms with E-state index in [9.17, 15) is 10.4 Å². The molecule has 28 heavy (non-hydrogen) atoms. The Morgan fingerprint density at radius 3 is 2.93 bits per heavy atom. The van der Waals surface area contributed by atoms with Gasteiger partial charge in [0.25, 0.3) is 0 Å². The Balaban J connectivity index is 0.00000240. The predicted molar refractivity (Wildman–Crippen MR) is 111 cm³/mol. The van der Waals surface area contributed by atoms with Crippen LogP contribution in [0.2, 0.25) is 0 Å². The fraction of sp³-hybridized carbons (Fsp3) is 0.381. The highest BCUT2D eigenvalue weighted by Gasteiger charge is 2.47. The zero-order valence-corrected chi connectivity index (χ0v) is 16.1. The molecule has 7 heteroatoms. The number of aliphatic hydroxyl groups excluding tert-OH is 1. The molecule has 1 aliphatic carbocycles. The summed E-state index contributed by atoms with van der Waals surface area (Å²) >= 11 is 0. The van der Waals surface area contributed by atoms with Gasteiger partial charge in [-0.25, -0.2) is 4.98 Å². The van der Waals surface area contributed by atoms with Crippen LogP contribution in [0, 0.1) is 16.7 Å². The Hall–Kier alpha value is -3.11. The van der Waals surface area contributed by atoms with Crippen LogP contribution in [-0.4, -0.2) is 38.3 Å². The number of benzene rings is 1. The molecule has 0 saturated heterocycles. The van der Waals surface area contributed by atoms with Gasteiger partial charge >= 0.3 is 0 Å². The number of aliphatic hydroxyl groups is 1. The summed E-state index contributed by atoms with van der Waals surface area (Å²) in [5.41, 5.74) is 1.35. The van der Waals surface area contributed by atoms with Crippen LogP contribution in [0.1, 0.15) is 27.3 Å². The summed E-state index contributed by atoms with van der Waals surface area (Å²) in [6.07, 6.45) is 3.91. The zero-order chi connectivity index (χ0) is 19.7. The molecule has 3 N–H and O–H groups in total. The van der Waals surface area contributed by atoms with Gasteiger partial charge in [-0.2, -0.15) is 10.2 Å². The van der Waals surface area contributed by atoms with Crippen molar-refractivity contribution in [2.45, 2.75) is 39.0 Å². The largest absolute Gasteiger partial charge is 0.392 e. The van der Waals surface area contributed by atoms with E-state index in [0.29, 0.717) is 30.3 Å². The van der Waals surface area contributed by atoms with Crippen molar-refractivity contribution in [3.05, 3.63) is 48.3 Å². The summed E-state index contributed by atoms with van der Waals surface area (Å²) in [6.45, 7) is 5.46. The minimum Gasteiger partial charge on any atom is -0.392 e. The molecule has 7 nitrogen and oxygen atoms in total. The van der Waals surface area contributed by atoms with Crippen molar-refractivity contribution in [3.8, 4) is 6.07 Å². The van der Waals surface area contributed by atoms with E-state index in [2.05, 4.69) is 55.6 Å². The second-order valence-corrected chi connectivity index (χ2v) is 7.83. The van der Waals surface area contributed by atoms with Crippen molar-refractivity contribution in [2.75, 3.05) is 17.2 Å². The molecule has 1 saturated carbocycles. The molecular formula is C21H26N6O. The first-order valence-corrected chi connectivity index (χ1v) is 9.48. The van der Waals surface area contributed by atoms with E-state index in [0.717, 1.165) is 6.54 Å². The number of rotatable bonds is 6. The Morgan fingerprint density at radius 2 is 2.18 bits per heavy atom. The van der Waals surface area contributed by atoms with Crippen molar-refractivity contribution in [1.82, 2.24) is 14.5 Å². The van der Waals surface area contributed by atoms with E-state index < -0.39 is 0 Å². The Kier molecular flexibility index (Phi) is 4.65. The third-order valence-corrected chi connectivity index (χ3v) is 5.75. The number of hydrogen-bond acceptors (Lipinski definition) is 6. The maximum absolute atomic E-state index is 9.93. The van der Waals surface area contributed by atoms with Gasteiger partial charge < -0.3 is 20.3 Å². The molecule has 0 unspecified atom stereocenters. The highest BCUT2D eigenvalue weighted by molar-refractivity contribution is 5.79. The second-order valence-electron chi connectivity index (χ2n) is 7.83. The fourth-order valence-corrected chi connectivity index (χ4v) is 3.60. The zero-order valence-electron chi connectivity index (χ0n) is 16.1. The standard InChI is InChI=1S/C21H24N6O.H2/c1-21(2)17(11-18(21)28)25-19-15(12-22)13-24-20(26-19)23-8-10-27-9-7-14-5-3-4-6-16(14)27;/h3-7,9,13,17-18,28H,8,10-11H2,1-2H3,(H2,23,24,25,26);1H/t17-,18+;/m1./s1. The minimum atomic E-state index is -0.341. The summed E-state index contributed by atoms with van der Waals surface area (Å²) in [6, 6.07) is 12.6. The first-order valence-electron chi connectivity index (χ1n) is 9.48. The van der Waals surface area contributed by atoms with E-state index in [1.165, 1.54) is 17.1 Å². The molecule has 0 spiro atoms. The van der Waals surface area contributed by atoms with Crippen molar-refractivity contribution in [1.29, 1.82) is 5.26 Å². The molecule has 0 bridgehead atoms. The van der Waals surface area contributed by atoms with Crippen LogP contribution in [0.4, 0.5) is 11.8 Å². The molecule has 4 rings (SSSR count). The third kappa shape index (κ3) is 3.27. The van der Waals surface area contributed by atoms with Gasteiger partial charge in [0.15, 0.2) is 0 Å². The number of nitrogens with zero attached hydrogens (tertiary/aromatic N) is 4. The molecule has 1 fully saturated rings. The quantitative estimate of drug-likeness (QED) is 0.609. The maximum Gasteiger partial charge on any atom is 0.224 e. The second kappa shape index (κ2) is 7.13. The third-order valence-electron chi connectivity index (χ3n) is 5.75. The summed E-state index contributed by atoms with van der Waals surface area (Å²) in [5.74, 6) is 0.993. The van der Waals surface area contributed by atoms with Gasteiger partial charge in [-0.1, -0.05) is 32.0 Å². The lowest BCUT2D eigenvalue weighted by Gasteiger charge is -2.49. The first-order chi connectivity index (χ1) is 13.5. The normalized spacial score (nSPS) is 20.4. The van der Waals surface area contributed by atoms with Crippen molar-refractivity contribution < 1.29 is 6.53 Å². The average Bonchev–Trinajstić information content (AvgIpc) is 3.11. The molecule has 1 aliphatic rings. The summed E-state index contributed by atoms with van der Waals surface area (Å²) < 4.78 is 2.18.